The van der Waals surface area contributed by atoms with Crippen LogP contribution in [0.3, 0.4) is 0 Å². The number of aryl methyl sites for hydroxylation is 1. The third-order valence-corrected chi connectivity index (χ3v) is 7.47. The van der Waals surface area contributed by atoms with Crippen molar-refractivity contribution < 1.29 is 37.3 Å². The summed E-state index contributed by atoms with van der Waals surface area (Å²) in [7, 11) is 0. The zero-order chi connectivity index (χ0) is 28.2. The molecule has 1 aliphatic carbocycles. The second kappa shape index (κ2) is 9.66. The third-order valence-electron chi connectivity index (χ3n) is 6.43. The van der Waals surface area contributed by atoms with Gasteiger partial charge in [-0.25, -0.2) is 15.0 Å². The molecule has 0 radical (unpaired) electrons. The maximum absolute atomic E-state index is 13.5. The lowest BCUT2D eigenvalue weighted by Gasteiger charge is -2.28. The molecule has 0 bridgehead atoms. The Bertz CT molecular complexity index is 1330. The van der Waals surface area contributed by atoms with E-state index in [0.29, 0.717) is 15.2 Å². The second-order valence-electron chi connectivity index (χ2n) is 9.70. The number of aliphatic hydroxyl groups is 3. The number of nitrogens with zero attached hydrogens (tertiary/aromatic N) is 4. The highest BCUT2D eigenvalue weighted by Gasteiger charge is 2.57. The van der Waals surface area contributed by atoms with Gasteiger partial charge in [0, 0.05) is 12.1 Å². The fourth-order valence-corrected chi connectivity index (χ4v) is 5.41. The summed E-state index contributed by atoms with van der Waals surface area (Å²) in [6.07, 6.45) is -6.84. The standard InChI is InChI=1S/C22H26F5N7O3S/c1-8-12(18-33-13-11(38-18)4-5-29-16(13)28)17(32-10-6-9(20(2,3)37)14(35)15(10)36)34-19(31-8)30-7-21(23,24)22(25,26)27/h4-5,9-10,14-15,35-37H,6-7H2,1-3H3,(H2,28,29)(H2,30,31,32,34)/t9-,10+,14+,15-/m0/s1. The number of hydrogen-bond acceptors (Lipinski definition) is 11. The lowest BCUT2D eigenvalue weighted by atomic mass is 9.88. The number of nitrogens with one attached hydrogen (secondary N) is 2. The first-order valence-corrected chi connectivity index (χ1v) is 12.2. The highest BCUT2D eigenvalue weighted by atomic mass is 32.1. The highest BCUT2D eigenvalue weighted by molar-refractivity contribution is 7.21. The van der Waals surface area contributed by atoms with Gasteiger partial charge in [-0.05, 0) is 33.3 Å². The van der Waals surface area contributed by atoms with Crippen LogP contribution in [0.4, 0.5) is 39.5 Å². The van der Waals surface area contributed by atoms with E-state index in [1.807, 2.05) is 5.32 Å². The normalized spacial score (nSPS) is 22.7. The SMILES string of the molecule is Cc1nc(NCC(F)(F)C(F)(F)F)nc(N[C@@H]2C[C@H](C(C)(C)O)[C@@H](O)[C@H]2O)c1-c1nc2c(N)nccc2s1. The monoisotopic (exact) mass is 563 g/mol. The molecule has 0 saturated heterocycles. The Morgan fingerprint density at radius 2 is 1.79 bits per heavy atom. The minimum absolute atomic E-state index is 0.0337. The number of alkyl halides is 5. The number of rotatable bonds is 7. The van der Waals surface area contributed by atoms with Crippen molar-refractivity contribution in [3.8, 4) is 10.6 Å². The minimum Gasteiger partial charge on any atom is -0.390 e. The summed E-state index contributed by atoms with van der Waals surface area (Å²) in [6.45, 7) is 2.66. The molecule has 3 heterocycles. The lowest BCUT2D eigenvalue weighted by molar-refractivity contribution is -0.275. The van der Waals surface area contributed by atoms with Crippen molar-refractivity contribution in [3.05, 3.63) is 18.0 Å². The molecule has 10 nitrogen and oxygen atoms in total. The Labute approximate surface area is 217 Å². The van der Waals surface area contributed by atoms with Crippen LogP contribution in [0.5, 0.6) is 0 Å². The van der Waals surface area contributed by atoms with Crippen LogP contribution in [0.2, 0.25) is 0 Å². The number of halogens is 5. The number of pyridine rings is 1. The summed E-state index contributed by atoms with van der Waals surface area (Å²) in [5.41, 5.74) is 5.43. The van der Waals surface area contributed by atoms with Gasteiger partial charge >= 0.3 is 12.1 Å². The highest BCUT2D eigenvalue weighted by Crippen LogP contribution is 2.41. The van der Waals surface area contributed by atoms with Crippen molar-refractivity contribution in [2.45, 2.75) is 63.1 Å². The van der Waals surface area contributed by atoms with Crippen LogP contribution in [0.1, 0.15) is 26.0 Å². The number of thiazole rings is 1. The molecule has 3 aromatic rings. The van der Waals surface area contributed by atoms with Crippen LogP contribution in [-0.4, -0.2) is 77.7 Å². The molecular weight excluding hydrogens is 537 g/mol. The molecule has 38 heavy (non-hydrogen) atoms. The first-order chi connectivity index (χ1) is 17.5. The molecule has 0 aromatic carbocycles. The van der Waals surface area contributed by atoms with E-state index in [1.165, 1.54) is 38.3 Å². The van der Waals surface area contributed by atoms with Crippen LogP contribution in [0.25, 0.3) is 20.8 Å². The zero-order valence-corrected chi connectivity index (χ0v) is 21.2. The lowest BCUT2D eigenvalue weighted by Crippen LogP contribution is -2.42. The molecule has 3 aromatic heterocycles. The van der Waals surface area contributed by atoms with Gasteiger partial charge in [0.25, 0.3) is 0 Å². The zero-order valence-electron chi connectivity index (χ0n) is 20.4. The second-order valence-corrected chi connectivity index (χ2v) is 10.7. The molecule has 1 fully saturated rings. The topological polar surface area (TPSA) is 162 Å². The number of anilines is 3. The van der Waals surface area contributed by atoms with Crippen molar-refractivity contribution in [2.24, 2.45) is 5.92 Å². The summed E-state index contributed by atoms with van der Waals surface area (Å²) in [6, 6.07) is 0.816. The fraction of sp³-hybridized carbons (Fsp3) is 0.545. The Kier molecular flexibility index (Phi) is 7.14. The van der Waals surface area contributed by atoms with Crippen LogP contribution in [0, 0.1) is 12.8 Å². The summed E-state index contributed by atoms with van der Waals surface area (Å²) in [4.78, 5) is 16.7. The predicted molar refractivity (Wildman–Crippen MR) is 131 cm³/mol. The van der Waals surface area contributed by atoms with Gasteiger partial charge < -0.3 is 31.7 Å². The Morgan fingerprint density at radius 3 is 2.37 bits per heavy atom. The molecular formula is C22H26F5N7O3S. The first-order valence-electron chi connectivity index (χ1n) is 11.4. The predicted octanol–water partition coefficient (Wildman–Crippen LogP) is 2.94. The van der Waals surface area contributed by atoms with E-state index in [9.17, 15) is 37.3 Å². The molecule has 0 amide bonds. The Balaban J connectivity index is 1.75. The molecule has 7 N–H and O–H groups in total. The summed E-state index contributed by atoms with van der Waals surface area (Å²) in [5, 5.41) is 36.8. The van der Waals surface area contributed by atoms with Crippen LogP contribution in [0.15, 0.2) is 12.3 Å². The molecule has 0 aliphatic heterocycles. The van der Waals surface area contributed by atoms with Crippen molar-refractivity contribution in [2.75, 3.05) is 22.9 Å². The summed E-state index contributed by atoms with van der Waals surface area (Å²) >= 11 is 1.19. The van der Waals surface area contributed by atoms with E-state index in [0.717, 1.165) is 0 Å². The average molecular weight is 564 g/mol. The molecule has 0 unspecified atom stereocenters. The van der Waals surface area contributed by atoms with Gasteiger partial charge in [0.1, 0.15) is 22.4 Å². The summed E-state index contributed by atoms with van der Waals surface area (Å²) in [5.74, 6) is -6.16. The van der Waals surface area contributed by atoms with Gasteiger partial charge in [0.05, 0.1) is 40.2 Å². The van der Waals surface area contributed by atoms with Crippen molar-refractivity contribution >= 4 is 39.1 Å². The Morgan fingerprint density at radius 1 is 1.11 bits per heavy atom. The molecule has 208 valence electrons. The van der Waals surface area contributed by atoms with E-state index in [-0.39, 0.29) is 29.3 Å². The molecule has 16 heteroatoms. The minimum atomic E-state index is -5.78. The summed E-state index contributed by atoms with van der Waals surface area (Å²) < 4.78 is 65.7. The maximum Gasteiger partial charge on any atom is 0.455 e. The van der Waals surface area contributed by atoms with E-state index in [2.05, 4.69) is 25.3 Å². The number of nitrogen functional groups attached to an aromatic ring is 1. The van der Waals surface area contributed by atoms with Gasteiger partial charge in [0.15, 0.2) is 5.82 Å². The van der Waals surface area contributed by atoms with Gasteiger partial charge in [-0.1, -0.05) is 0 Å². The van der Waals surface area contributed by atoms with Crippen LogP contribution >= 0.6 is 11.3 Å². The van der Waals surface area contributed by atoms with E-state index >= 15 is 0 Å². The van der Waals surface area contributed by atoms with Gasteiger partial charge in [-0.3, -0.25) is 0 Å². The third kappa shape index (κ3) is 5.30. The van der Waals surface area contributed by atoms with Gasteiger partial charge in [-0.15, -0.1) is 11.3 Å². The largest absolute Gasteiger partial charge is 0.455 e. The number of nitrogens with two attached hydrogens (primary N) is 1. The van der Waals surface area contributed by atoms with Gasteiger partial charge in [0.2, 0.25) is 5.95 Å². The molecule has 4 rings (SSSR count). The van der Waals surface area contributed by atoms with E-state index in [4.69, 9.17) is 5.73 Å². The number of aromatic nitrogens is 4. The number of fused-ring (bicyclic) bond motifs is 1. The van der Waals surface area contributed by atoms with Crippen LogP contribution in [-0.2, 0) is 0 Å². The number of hydrogen-bond donors (Lipinski definition) is 6. The maximum atomic E-state index is 13.5. The molecule has 1 saturated carbocycles. The van der Waals surface area contributed by atoms with E-state index in [1.54, 1.807) is 6.07 Å². The van der Waals surface area contributed by atoms with Crippen molar-refractivity contribution in [1.82, 2.24) is 19.9 Å². The fourth-order valence-electron chi connectivity index (χ4n) is 4.34. The smallest absolute Gasteiger partial charge is 0.390 e. The van der Waals surface area contributed by atoms with Gasteiger partial charge in [-0.2, -0.15) is 26.9 Å². The molecule has 0 spiro atoms. The van der Waals surface area contributed by atoms with Crippen LogP contribution < -0.4 is 16.4 Å². The van der Waals surface area contributed by atoms with E-state index < -0.39 is 54.4 Å². The van der Waals surface area contributed by atoms with Crippen molar-refractivity contribution in [3.63, 3.8) is 0 Å². The first kappa shape index (κ1) is 28.1. The Hall–Kier alpha value is -2.95. The van der Waals surface area contributed by atoms with Crippen molar-refractivity contribution in [1.29, 1.82) is 0 Å². The quantitative estimate of drug-likeness (QED) is 0.236. The number of aliphatic hydroxyl groups excluding tert-OH is 2. The molecule has 4 atom stereocenters. The average Bonchev–Trinajstić information content (AvgIpc) is 3.34. The molecule has 1 aliphatic rings.